The Morgan fingerprint density at radius 1 is 1.24 bits per heavy atom. The van der Waals surface area contributed by atoms with E-state index in [1.807, 2.05) is 0 Å². The standard InChI is InChI=1S/C16H14ClN5O3/c1-21(11-6-7-15(24-2)14(17)9-11)16(23)25-13-5-3-4-12(8-13)22-10-18-19-20-22/h3-10H,1-2H3. The minimum atomic E-state index is -0.560. The highest BCUT2D eigenvalue weighted by atomic mass is 35.5. The van der Waals surface area contributed by atoms with Crippen molar-refractivity contribution in [2.24, 2.45) is 0 Å². The molecule has 0 N–H and O–H groups in total. The van der Waals surface area contributed by atoms with Gasteiger partial charge >= 0.3 is 6.09 Å². The van der Waals surface area contributed by atoms with Crippen LogP contribution in [0, 0.1) is 0 Å². The number of hydrogen-bond acceptors (Lipinski definition) is 6. The van der Waals surface area contributed by atoms with Crippen molar-refractivity contribution in [2.45, 2.75) is 0 Å². The van der Waals surface area contributed by atoms with Gasteiger partial charge in [-0.25, -0.2) is 9.48 Å². The summed E-state index contributed by atoms with van der Waals surface area (Å²) in [4.78, 5) is 13.7. The maximum absolute atomic E-state index is 12.4. The predicted octanol–water partition coefficient (Wildman–Crippen LogP) is 2.96. The highest BCUT2D eigenvalue weighted by Crippen LogP contribution is 2.29. The molecule has 0 spiro atoms. The zero-order valence-electron chi connectivity index (χ0n) is 13.5. The number of halogens is 1. The molecule has 0 saturated heterocycles. The number of ether oxygens (including phenoxy) is 2. The van der Waals surface area contributed by atoms with Crippen LogP contribution in [0.2, 0.25) is 5.02 Å². The number of rotatable bonds is 4. The van der Waals surface area contributed by atoms with Crippen molar-refractivity contribution < 1.29 is 14.3 Å². The van der Waals surface area contributed by atoms with Gasteiger partial charge in [0.1, 0.15) is 17.8 Å². The molecule has 25 heavy (non-hydrogen) atoms. The van der Waals surface area contributed by atoms with Gasteiger partial charge in [-0.3, -0.25) is 4.90 Å². The summed E-state index contributed by atoms with van der Waals surface area (Å²) < 4.78 is 12.0. The smallest absolute Gasteiger partial charge is 0.419 e. The Morgan fingerprint density at radius 2 is 2.08 bits per heavy atom. The Hall–Kier alpha value is -3.13. The van der Waals surface area contributed by atoms with E-state index in [4.69, 9.17) is 21.1 Å². The fourth-order valence-corrected chi connectivity index (χ4v) is 2.36. The van der Waals surface area contributed by atoms with Crippen molar-refractivity contribution in [3.05, 3.63) is 53.8 Å². The molecule has 0 saturated carbocycles. The molecule has 1 aromatic heterocycles. The second kappa shape index (κ2) is 7.18. The molecule has 0 bridgehead atoms. The van der Waals surface area contributed by atoms with Gasteiger partial charge in [0.05, 0.1) is 17.8 Å². The summed E-state index contributed by atoms with van der Waals surface area (Å²) in [6.45, 7) is 0. The third-order valence-corrected chi connectivity index (χ3v) is 3.73. The molecule has 0 unspecified atom stereocenters. The van der Waals surface area contributed by atoms with Crippen LogP contribution in [0.25, 0.3) is 5.69 Å². The molecule has 1 amide bonds. The predicted molar refractivity (Wildman–Crippen MR) is 91.6 cm³/mol. The number of nitrogens with zero attached hydrogens (tertiary/aromatic N) is 5. The summed E-state index contributed by atoms with van der Waals surface area (Å²) in [5.74, 6) is 0.894. The molecule has 0 fully saturated rings. The largest absolute Gasteiger partial charge is 0.495 e. The van der Waals surface area contributed by atoms with Gasteiger partial charge in [0.2, 0.25) is 0 Å². The topological polar surface area (TPSA) is 82.4 Å². The zero-order chi connectivity index (χ0) is 17.8. The van der Waals surface area contributed by atoms with E-state index >= 15 is 0 Å². The number of benzene rings is 2. The summed E-state index contributed by atoms with van der Waals surface area (Å²) in [6, 6.07) is 11.9. The number of methoxy groups -OCH3 is 1. The maximum Gasteiger partial charge on any atom is 0.419 e. The number of amides is 1. The van der Waals surface area contributed by atoms with Crippen molar-refractivity contribution in [3.63, 3.8) is 0 Å². The van der Waals surface area contributed by atoms with E-state index in [0.717, 1.165) is 0 Å². The molecular formula is C16H14ClN5O3. The van der Waals surface area contributed by atoms with E-state index in [0.29, 0.717) is 27.9 Å². The first-order valence-electron chi connectivity index (χ1n) is 7.21. The van der Waals surface area contributed by atoms with Gasteiger partial charge in [0, 0.05) is 18.8 Å². The van der Waals surface area contributed by atoms with Crippen LogP contribution in [-0.2, 0) is 0 Å². The monoisotopic (exact) mass is 359 g/mol. The highest BCUT2D eigenvalue weighted by Gasteiger charge is 2.15. The van der Waals surface area contributed by atoms with Crippen molar-refractivity contribution in [1.82, 2.24) is 20.2 Å². The van der Waals surface area contributed by atoms with E-state index in [-0.39, 0.29) is 0 Å². The van der Waals surface area contributed by atoms with Crippen molar-refractivity contribution in [2.75, 3.05) is 19.1 Å². The van der Waals surface area contributed by atoms with Crippen LogP contribution in [-0.4, -0.2) is 40.5 Å². The summed E-state index contributed by atoms with van der Waals surface area (Å²) in [5, 5.41) is 11.3. The van der Waals surface area contributed by atoms with Crippen LogP contribution in [0.1, 0.15) is 0 Å². The Balaban J connectivity index is 1.75. The molecule has 1 heterocycles. The molecular weight excluding hydrogens is 346 g/mol. The molecule has 0 aliphatic carbocycles. The van der Waals surface area contributed by atoms with Crippen LogP contribution in [0.3, 0.4) is 0 Å². The number of carbonyl (C=O) groups excluding carboxylic acids is 1. The SMILES string of the molecule is COc1ccc(N(C)C(=O)Oc2cccc(-n3cnnn3)c2)cc1Cl. The van der Waals surface area contributed by atoms with Crippen LogP contribution in [0.5, 0.6) is 11.5 Å². The van der Waals surface area contributed by atoms with E-state index in [2.05, 4.69) is 15.5 Å². The van der Waals surface area contributed by atoms with Gasteiger partial charge in [-0.2, -0.15) is 0 Å². The van der Waals surface area contributed by atoms with Crippen LogP contribution in [0.15, 0.2) is 48.8 Å². The second-order valence-electron chi connectivity index (χ2n) is 5.00. The summed E-state index contributed by atoms with van der Waals surface area (Å²) in [6.07, 6.45) is 0.891. The first kappa shape index (κ1) is 16.7. The normalized spacial score (nSPS) is 10.4. The van der Waals surface area contributed by atoms with Gasteiger partial charge in [-0.1, -0.05) is 17.7 Å². The lowest BCUT2D eigenvalue weighted by molar-refractivity contribution is 0.209. The molecule has 0 radical (unpaired) electrons. The Bertz CT molecular complexity index is 885. The molecule has 128 valence electrons. The highest BCUT2D eigenvalue weighted by molar-refractivity contribution is 6.32. The van der Waals surface area contributed by atoms with Gasteiger partial charge in [-0.05, 0) is 40.8 Å². The average Bonchev–Trinajstić information content (AvgIpc) is 3.16. The lowest BCUT2D eigenvalue weighted by atomic mass is 10.3. The first-order chi connectivity index (χ1) is 12.1. The van der Waals surface area contributed by atoms with Crippen LogP contribution < -0.4 is 14.4 Å². The first-order valence-corrected chi connectivity index (χ1v) is 7.59. The molecule has 0 aliphatic heterocycles. The van der Waals surface area contributed by atoms with Crippen LogP contribution in [0.4, 0.5) is 10.5 Å². The Labute approximate surface area is 148 Å². The molecule has 0 atom stereocenters. The summed E-state index contributed by atoms with van der Waals surface area (Å²) in [5.41, 5.74) is 1.25. The quantitative estimate of drug-likeness (QED) is 0.712. The lowest BCUT2D eigenvalue weighted by Crippen LogP contribution is -2.29. The minimum absolute atomic E-state index is 0.365. The molecule has 3 aromatic rings. The number of anilines is 1. The maximum atomic E-state index is 12.4. The molecule has 8 nitrogen and oxygen atoms in total. The Morgan fingerprint density at radius 3 is 2.76 bits per heavy atom. The molecule has 0 aliphatic rings. The van der Waals surface area contributed by atoms with Gasteiger partial charge in [-0.15, -0.1) is 5.10 Å². The van der Waals surface area contributed by atoms with Gasteiger partial charge < -0.3 is 9.47 Å². The fourth-order valence-electron chi connectivity index (χ4n) is 2.11. The average molecular weight is 360 g/mol. The van der Waals surface area contributed by atoms with E-state index < -0.39 is 6.09 Å². The third-order valence-electron chi connectivity index (χ3n) is 3.43. The van der Waals surface area contributed by atoms with E-state index in [1.165, 1.54) is 23.0 Å². The molecule has 3 rings (SSSR count). The van der Waals surface area contributed by atoms with Crippen LogP contribution >= 0.6 is 11.6 Å². The third kappa shape index (κ3) is 3.69. The summed E-state index contributed by atoms with van der Waals surface area (Å²) in [7, 11) is 3.11. The number of aromatic nitrogens is 4. The number of tetrazole rings is 1. The van der Waals surface area contributed by atoms with Gasteiger partial charge in [0.25, 0.3) is 0 Å². The fraction of sp³-hybridized carbons (Fsp3) is 0.125. The van der Waals surface area contributed by atoms with Crippen molar-refractivity contribution >= 4 is 23.4 Å². The number of hydrogen-bond donors (Lipinski definition) is 0. The van der Waals surface area contributed by atoms with Gasteiger partial charge in [0.15, 0.2) is 0 Å². The molecule has 2 aromatic carbocycles. The van der Waals surface area contributed by atoms with E-state index in [1.54, 1.807) is 49.5 Å². The molecule has 9 heteroatoms. The summed E-state index contributed by atoms with van der Waals surface area (Å²) >= 11 is 6.09. The Kier molecular flexibility index (Phi) is 4.80. The number of carbonyl (C=O) groups is 1. The minimum Gasteiger partial charge on any atom is -0.495 e. The van der Waals surface area contributed by atoms with Crippen molar-refractivity contribution in [3.8, 4) is 17.2 Å². The lowest BCUT2D eigenvalue weighted by Gasteiger charge is -2.18. The second-order valence-corrected chi connectivity index (χ2v) is 5.40. The van der Waals surface area contributed by atoms with Crippen molar-refractivity contribution in [1.29, 1.82) is 0 Å². The van der Waals surface area contributed by atoms with E-state index in [9.17, 15) is 4.79 Å². The zero-order valence-corrected chi connectivity index (χ0v) is 14.2.